The predicted octanol–water partition coefficient (Wildman–Crippen LogP) is 2.45. The van der Waals surface area contributed by atoms with E-state index in [4.69, 9.17) is 0 Å². The third-order valence-electron chi connectivity index (χ3n) is 2.82. The monoisotopic (exact) mass is 198 g/mol. The Morgan fingerprint density at radius 1 is 1.43 bits per heavy atom. The highest BCUT2D eigenvalue weighted by molar-refractivity contribution is 5.28. The number of hydrogen-bond acceptors (Lipinski definition) is 1. The number of aliphatic hydroxyl groups excluding tert-OH is 1. The Morgan fingerprint density at radius 2 is 2.14 bits per heavy atom. The summed E-state index contributed by atoms with van der Waals surface area (Å²) in [6.45, 7) is 1.70. The van der Waals surface area contributed by atoms with E-state index in [9.17, 15) is 13.9 Å². The molecule has 0 aliphatic heterocycles. The van der Waals surface area contributed by atoms with Crippen LogP contribution in [0.25, 0.3) is 0 Å². The largest absolute Gasteiger partial charge is 0.393 e. The maximum absolute atomic E-state index is 13.3. The third kappa shape index (κ3) is 1.64. The van der Waals surface area contributed by atoms with Crippen LogP contribution in [0.3, 0.4) is 0 Å². The van der Waals surface area contributed by atoms with E-state index in [1.54, 1.807) is 6.92 Å². The number of hydrogen-bond donors (Lipinski definition) is 1. The minimum Gasteiger partial charge on any atom is -0.393 e. The van der Waals surface area contributed by atoms with E-state index in [2.05, 4.69) is 0 Å². The fourth-order valence-electron chi connectivity index (χ4n) is 1.91. The zero-order valence-electron chi connectivity index (χ0n) is 7.87. The highest BCUT2D eigenvalue weighted by Gasteiger charge is 2.42. The maximum atomic E-state index is 13.3. The van der Waals surface area contributed by atoms with Gasteiger partial charge in [0.15, 0.2) is 0 Å². The van der Waals surface area contributed by atoms with Crippen molar-refractivity contribution < 1.29 is 13.9 Å². The van der Waals surface area contributed by atoms with Gasteiger partial charge in [-0.25, -0.2) is 8.78 Å². The van der Waals surface area contributed by atoms with Crippen LogP contribution in [0.15, 0.2) is 18.2 Å². The summed E-state index contributed by atoms with van der Waals surface area (Å²) in [6.07, 6.45) is 0.379. The van der Waals surface area contributed by atoms with Gasteiger partial charge in [-0.1, -0.05) is 6.07 Å². The molecule has 0 heterocycles. The first kappa shape index (κ1) is 9.59. The quantitative estimate of drug-likeness (QED) is 0.773. The van der Waals surface area contributed by atoms with Crippen molar-refractivity contribution in [1.82, 2.24) is 0 Å². The molecule has 1 saturated carbocycles. The number of halogens is 2. The molecule has 0 bridgehead atoms. The molecular weight excluding hydrogens is 186 g/mol. The Morgan fingerprint density at radius 3 is 2.64 bits per heavy atom. The summed E-state index contributed by atoms with van der Waals surface area (Å²) in [6, 6.07) is 3.63. The fourth-order valence-corrected chi connectivity index (χ4v) is 1.91. The lowest BCUT2D eigenvalue weighted by molar-refractivity contribution is 0.168. The molecule has 0 unspecified atom stereocenters. The van der Waals surface area contributed by atoms with Gasteiger partial charge in [-0.15, -0.1) is 0 Å². The van der Waals surface area contributed by atoms with Crippen molar-refractivity contribution >= 4 is 0 Å². The van der Waals surface area contributed by atoms with E-state index in [1.165, 1.54) is 12.1 Å². The van der Waals surface area contributed by atoms with Crippen LogP contribution in [0, 0.1) is 17.6 Å². The summed E-state index contributed by atoms with van der Waals surface area (Å²) < 4.78 is 25.9. The average molecular weight is 198 g/mol. The molecule has 3 atom stereocenters. The molecule has 1 aromatic carbocycles. The normalized spacial score (nSPS) is 27.4. The second-order valence-corrected chi connectivity index (χ2v) is 3.91. The van der Waals surface area contributed by atoms with Crippen molar-refractivity contribution in [3.63, 3.8) is 0 Å². The predicted molar refractivity (Wildman–Crippen MR) is 48.9 cm³/mol. The Balaban J connectivity index is 2.19. The topological polar surface area (TPSA) is 20.2 Å². The highest BCUT2D eigenvalue weighted by Crippen LogP contribution is 2.50. The van der Waals surface area contributed by atoms with Crippen LogP contribution in [-0.2, 0) is 0 Å². The van der Waals surface area contributed by atoms with Gasteiger partial charge >= 0.3 is 0 Å². The Hall–Kier alpha value is -0.960. The van der Waals surface area contributed by atoms with Crippen molar-refractivity contribution in [3.8, 4) is 0 Å². The van der Waals surface area contributed by atoms with Crippen molar-refractivity contribution in [3.05, 3.63) is 35.4 Å². The molecule has 0 aromatic heterocycles. The Bertz CT molecular complexity index is 349. The first-order chi connectivity index (χ1) is 6.59. The SMILES string of the molecule is C[C@H](O)[C@H]1C[C@H]1c1ccc(F)cc1F. The summed E-state index contributed by atoms with van der Waals surface area (Å²) >= 11 is 0. The average Bonchev–Trinajstić information content (AvgIpc) is 2.83. The van der Waals surface area contributed by atoms with Gasteiger partial charge in [0.25, 0.3) is 0 Å². The molecule has 0 radical (unpaired) electrons. The molecule has 1 N–H and O–H groups in total. The lowest BCUT2D eigenvalue weighted by atomic mass is 10.1. The zero-order valence-corrected chi connectivity index (χ0v) is 7.87. The second-order valence-electron chi connectivity index (χ2n) is 3.91. The second kappa shape index (κ2) is 3.31. The van der Waals surface area contributed by atoms with Gasteiger partial charge in [-0.2, -0.15) is 0 Å². The molecule has 1 nitrogen and oxygen atoms in total. The zero-order chi connectivity index (χ0) is 10.3. The van der Waals surface area contributed by atoms with Gasteiger partial charge in [0.2, 0.25) is 0 Å². The van der Waals surface area contributed by atoms with Crippen molar-refractivity contribution in [2.45, 2.75) is 25.4 Å². The molecule has 1 aromatic rings. The Kier molecular flexibility index (Phi) is 2.27. The van der Waals surface area contributed by atoms with Gasteiger partial charge in [-0.05, 0) is 36.8 Å². The molecule has 2 rings (SSSR count). The van der Waals surface area contributed by atoms with Crippen LogP contribution in [0.1, 0.15) is 24.8 Å². The summed E-state index contributed by atoms with van der Waals surface area (Å²) in [5.41, 5.74) is 0.525. The van der Waals surface area contributed by atoms with Crippen LogP contribution in [-0.4, -0.2) is 11.2 Å². The lowest BCUT2D eigenvalue weighted by Crippen LogP contribution is -2.04. The van der Waals surface area contributed by atoms with E-state index in [0.29, 0.717) is 5.56 Å². The summed E-state index contributed by atoms with van der Waals surface area (Å²) in [7, 11) is 0. The number of benzene rings is 1. The maximum Gasteiger partial charge on any atom is 0.129 e. The molecule has 1 fully saturated rings. The van der Waals surface area contributed by atoms with Crippen molar-refractivity contribution in [1.29, 1.82) is 0 Å². The molecule has 14 heavy (non-hydrogen) atoms. The summed E-state index contributed by atoms with van der Waals surface area (Å²) in [5.74, 6) is -0.857. The van der Waals surface area contributed by atoms with Crippen LogP contribution in [0.5, 0.6) is 0 Å². The molecular formula is C11H12F2O. The lowest BCUT2D eigenvalue weighted by Gasteiger charge is -2.04. The van der Waals surface area contributed by atoms with Gasteiger partial charge in [0, 0.05) is 6.07 Å². The van der Waals surface area contributed by atoms with Gasteiger partial charge in [-0.3, -0.25) is 0 Å². The van der Waals surface area contributed by atoms with E-state index >= 15 is 0 Å². The van der Waals surface area contributed by atoms with Crippen LogP contribution in [0.2, 0.25) is 0 Å². The van der Waals surface area contributed by atoms with E-state index in [0.717, 1.165) is 12.5 Å². The minimum absolute atomic E-state index is 0.0654. The first-order valence-electron chi connectivity index (χ1n) is 4.72. The van der Waals surface area contributed by atoms with E-state index in [-0.39, 0.29) is 11.8 Å². The molecule has 1 aliphatic carbocycles. The molecule has 0 amide bonds. The number of aliphatic hydroxyl groups is 1. The first-order valence-corrected chi connectivity index (χ1v) is 4.72. The highest BCUT2D eigenvalue weighted by atomic mass is 19.1. The number of rotatable bonds is 2. The van der Waals surface area contributed by atoms with Gasteiger partial charge in [0.1, 0.15) is 11.6 Å². The standard InChI is InChI=1S/C11H12F2O/c1-6(14)9-5-10(9)8-3-2-7(12)4-11(8)13/h2-4,6,9-10,14H,5H2,1H3/t6-,9+,10-/m0/s1. The molecule has 3 heteroatoms. The molecule has 76 valence electrons. The van der Waals surface area contributed by atoms with Gasteiger partial charge in [0.05, 0.1) is 6.10 Å². The summed E-state index contributed by atoms with van der Waals surface area (Å²) in [5, 5.41) is 9.27. The summed E-state index contributed by atoms with van der Waals surface area (Å²) in [4.78, 5) is 0. The minimum atomic E-state index is -0.555. The van der Waals surface area contributed by atoms with Crippen molar-refractivity contribution in [2.24, 2.45) is 5.92 Å². The van der Waals surface area contributed by atoms with Gasteiger partial charge < -0.3 is 5.11 Å². The third-order valence-corrected chi connectivity index (χ3v) is 2.82. The molecule has 1 aliphatic rings. The molecule has 0 spiro atoms. The van der Waals surface area contributed by atoms with Crippen LogP contribution in [0.4, 0.5) is 8.78 Å². The van der Waals surface area contributed by atoms with Crippen LogP contribution >= 0.6 is 0 Å². The van der Waals surface area contributed by atoms with Crippen molar-refractivity contribution in [2.75, 3.05) is 0 Å². The van der Waals surface area contributed by atoms with E-state index in [1.807, 2.05) is 0 Å². The smallest absolute Gasteiger partial charge is 0.129 e. The van der Waals surface area contributed by atoms with E-state index < -0.39 is 17.7 Å². The fraction of sp³-hybridized carbons (Fsp3) is 0.455. The van der Waals surface area contributed by atoms with Crippen LogP contribution < -0.4 is 0 Å². The molecule has 0 saturated heterocycles. The Labute approximate surface area is 81.4 Å².